The van der Waals surface area contributed by atoms with Gasteiger partial charge in [0.15, 0.2) is 5.54 Å². The number of anilines is 1. The first-order valence-corrected chi connectivity index (χ1v) is 11.6. The summed E-state index contributed by atoms with van der Waals surface area (Å²) in [4.78, 5) is 25.4. The number of fused-ring (bicyclic) bond motifs is 2. The maximum absolute atomic E-state index is 13.6. The van der Waals surface area contributed by atoms with Crippen molar-refractivity contribution in [3.05, 3.63) is 104 Å². The fourth-order valence-electron chi connectivity index (χ4n) is 5.22. The van der Waals surface area contributed by atoms with Crippen molar-refractivity contribution in [3.8, 4) is 5.75 Å². The molecular weight excluding hydrogens is 505 g/mol. The second-order valence-corrected chi connectivity index (χ2v) is 9.51. The average molecular weight is 526 g/mol. The largest absolute Gasteiger partial charge is 0.489 e. The second-order valence-electron chi connectivity index (χ2n) is 8.60. The lowest BCUT2D eigenvalue weighted by molar-refractivity contribution is -0.532. The van der Waals surface area contributed by atoms with Crippen LogP contribution in [0.5, 0.6) is 5.75 Å². The summed E-state index contributed by atoms with van der Waals surface area (Å²) in [7, 11) is 0. The van der Waals surface area contributed by atoms with Gasteiger partial charge < -0.3 is 10.1 Å². The number of carbonyl (C=O) groups excluding carboxylic acids is 1. The normalized spacial score (nSPS) is 25.3. The molecule has 174 valence electrons. The zero-order chi connectivity index (χ0) is 24.0. The molecule has 1 amide bonds. The lowest BCUT2D eigenvalue weighted by Gasteiger charge is -2.26. The summed E-state index contributed by atoms with van der Waals surface area (Å²) >= 11 is 3.46. The molecule has 9 heteroatoms. The van der Waals surface area contributed by atoms with Gasteiger partial charge in [0.2, 0.25) is 0 Å². The molecule has 2 aliphatic heterocycles. The maximum Gasteiger partial charge on any atom is 0.256 e. The van der Waals surface area contributed by atoms with Gasteiger partial charge in [0.05, 0.1) is 5.92 Å². The number of amides is 1. The van der Waals surface area contributed by atoms with E-state index in [-0.39, 0.29) is 17.3 Å². The number of nitro groups is 1. The van der Waals surface area contributed by atoms with Crippen molar-refractivity contribution in [2.45, 2.75) is 37.1 Å². The molecule has 34 heavy (non-hydrogen) atoms. The van der Waals surface area contributed by atoms with E-state index < -0.39 is 29.4 Å². The molecule has 3 aromatic carbocycles. The van der Waals surface area contributed by atoms with E-state index in [0.717, 1.165) is 4.47 Å². The highest BCUT2D eigenvalue weighted by molar-refractivity contribution is 9.10. The lowest BCUT2D eigenvalue weighted by atomic mass is 9.78. The number of carbonyl (C=O) groups is 1. The minimum Gasteiger partial charge on any atom is -0.489 e. The third-order valence-electron chi connectivity index (χ3n) is 6.58. The SMILES string of the molecule is C[C@@H]1N[C@]2(C(=O)Nc3ccccc32)[C@@H]([N+](=O)[O-])[C@H]1c1cc(Br)ccc1OCc1cccc(F)c1. The van der Waals surface area contributed by atoms with Crippen LogP contribution in [-0.2, 0) is 16.9 Å². The van der Waals surface area contributed by atoms with Crippen LogP contribution >= 0.6 is 15.9 Å². The Balaban J connectivity index is 1.58. The predicted molar refractivity (Wildman–Crippen MR) is 128 cm³/mol. The summed E-state index contributed by atoms with van der Waals surface area (Å²) in [5, 5.41) is 18.6. The summed E-state index contributed by atoms with van der Waals surface area (Å²) in [6.07, 6.45) is 0. The standard InChI is InChI=1S/C25H21BrFN3O4/c1-14-22(18-12-16(26)9-10-21(18)34-13-15-5-4-6-17(27)11-15)23(30(32)33)25(29-14)19-7-2-3-8-20(19)28-24(25)31/h2-12,14,22-23,29H,13H2,1H3,(H,28,31)/t14-,22+,23-,25-/m0/s1. The number of halogens is 2. The first kappa shape index (κ1) is 22.5. The van der Waals surface area contributed by atoms with E-state index >= 15 is 0 Å². The summed E-state index contributed by atoms with van der Waals surface area (Å²) in [5.41, 5.74) is 0.857. The molecule has 7 nitrogen and oxygen atoms in total. The van der Waals surface area contributed by atoms with Gasteiger partial charge >= 0.3 is 0 Å². The van der Waals surface area contributed by atoms with Crippen LogP contribution in [0.1, 0.15) is 29.5 Å². The Labute approximate surface area is 203 Å². The molecule has 5 rings (SSSR count). The number of benzene rings is 3. The summed E-state index contributed by atoms with van der Waals surface area (Å²) < 4.78 is 20.4. The third-order valence-corrected chi connectivity index (χ3v) is 7.07. The molecule has 2 aliphatic rings. The van der Waals surface area contributed by atoms with E-state index in [2.05, 4.69) is 26.6 Å². The molecule has 0 aromatic heterocycles. The van der Waals surface area contributed by atoms with Crippen LogP contribution in [0.4, 0.5) is 10.1 Å². The van der Waals surface area contributed by atoms with Crippen molar-refractivity contribution in [2.24, 2.45) is 0 Å². The fourth-order valence-corrected chi connectivity index (χ4v) is 5.60. The maximum atomic E-state index is 13.6. The number of hydrogen-bond acceptors (Lipinski definition) is 5. The van der Waals surface area contributed by atoms with Gasteiger partial charge in [-0.3, -0.25) is 20.2 Å². The minimum atomic E-state index is -1.51. The van der Waals surface area contributed by atoms with Crippen LogP contribution in [0.25, 0.3) is 0 Å². The van der Waals surface area contributed by atoms with Crippen LogP contribution < -0.4 is 15.4 Å². The van der Waals surface area contributed by atoms with Gasteiger partial charge in [-0.1, -0.05) is 46.3 Å². The van der Waals surface area contributed by atoms with Crippen molar-refractivity contribution >= 4 is 27.5 Å². The van der Waals surface area contributed by atoms with Crippen LogP contribution in [-0.4, -0.2) is 22.9 Å². The second kappa shape index (κ2) is 8.48. The van der Waals surface area contributed by atoms with E-state index in [9.17, 15) is 19.3 Å². The number of hydrogen-bond donors (Lipinski definition) is 2. The summed E-state index contributed by atoms with van der Waals surface area (Å²) in [6.45, 7) is 1.93. The van der Waals surface area contributed by atoms with Crippen molar-refractivity contribution in [3.63, 3.8) is 0 Å². The molecule has 1 spiro atoms. The van der Waals surface area contributed by atoms with Gasteiger partial charge in [0, 0.05) is 32.3 Å². The van der Waals surface area contributed by atoms with E-state index in [4.69, 9.17) is 4.74 Å². The predicted octanol–water partition coefficient (Wildman–Crippen LogP) is 4.74. The van der Waals surface area contributed by atoms with Crippen molar-refractivity contribution in [1.29, 1.82) is 0 Å². The highest BCUT2D eigenvalue weighted by Crippen LogP contribution is 2.51. The number of rotatable bonds is 5. The first-order chi connectivity index (χ1) is 16.3. The molecule has 1 saturated heterocycles. The summed E-state index contributed by atoms with van der Waals surface area (Å²) in [5.74, 6) is -1.04. The number of nitrogens with zero attached hydrogens (tertiary/aromatic N) is 1. The zero-order valence-electron chi connectivity index (χ0n) is 18.1. The van der Waals surface area contributed by atoms with Gasteiger partial charge in [-0.05, 0) is 48.9 Å². The molecule has 0 radical (unpaired) electrons. The molecule has 3 aromatic rings. The third kappa shape index (κ3) is 3.56. The van der Waals surface area contributed by atoms with Crippen LogP contribution in [0.15, 0.2) is 71.2 Å². The Kier molecular flexibility index (Phi) is 5.61. The van der Waals surface area contributed by atoms with Crippen LogP contribution in [0.2, 0.25) is 0 Å². The van der Waals surface area contributed by atoms with E-state index in [1.807, 2.05) is 6.92 Å². The van der Waals surface area contributed by atoms with Gasteiger partial charge in [0.25, 0.3) is 11.9 Å². The zero-order valence-corrected chi connectivity index (χ0v) is 19.7. The van der Waals surface area contributed by atoms with Crippen LogP contribution in [0, 0.1) is 15.9 Å². The van der Waals surface area contributed by atoms with E-state index in [1.165, 1.54) is 12.1 Å². The highest BCUT2D eigenvalue weighted by Gasteiger charge is 2.68. The van der Waals surface area contributed by atoms with Gasteiger partial charge in [-0.2, -0.15) is 0 Å². The Morgan fingerprint density at radius 1 is 1.15 bits per heavy atom. The van der Waals surface area contributed by atoms with Crippen LogP contribution in [0.3, 0.4) is 0 Å². The van der Waals surface area contributed by atoms with Gasteiger partial charge in [-0.25, -0.2) is 4.39 Å². The molecule has 1 fully saturated rings. The van der Waals surface area contributed by atoms with E-state index in [0.29, 0.717) is 28.1 Å². The molecule has 2 heterocycles. The minimum absolute atomic E-state index is 0.0957. The quantitative estimate of drug-likeness (QED) is 0.370. The smallest absolute Gasteiger partial charge is 0.256 e. The van der Waals surface area contributed by atoms with Gasteiger partial charge in [-0.15, -0.1) is 0 Å². The van der Waals surface area contributed by atoms with Crippen molar-refractivity contribution < 1.29 is 18.8 Å². The highest BCUT2D eigenvalue weighted by atomic mass is 79.9. The Hall–Kier alpha value is -3.30. The molecule has 2 N–H and O–H groups in total. The molecule has 0 bridgehead atoms. The number of nitrogens with one attached hydrogen (secondary N) is 2. The number of ether oxygens (including phenoxy) is 1. The summed E-state index contributed by atoms with van der Waals surface area (Å²) in [6, 6.07) is 16.7. The van der Waals surface area contributed by atoms with Crippen molar-refractivity contribution in [1.82, 2.24) is 5.32 Å². The molecule has 0 unspecified atom stereocenters. The van der Waals surface area contributed by atoms with E-state index in [1.54, 1.807) is 54.6 Å². The molecule has 0 aliphatic carbocycles. The van der Waals surface area contributed by atoms with Crippen molar-refractivity contribution in [2.75, 3.05) is 5.32 Å². The lowest BCUT2D eigenvalue weighted by Crippen LogP contribution is -2.54. The Bertz CT molecular complexity index is 1300. The topological polar surface area (TPSA) is 93.5 Å². The van der Waals surface area contributed by atoms with Gasteiger partial charge in [0.1, 0.15) is 18.2 Å². The first-order valence-electron chi connectivity index (χ1n) is 10.8. The fraction of sp³-hybridized carbons (Fsp3) is 0.240. The Morgan fingerprint density at radius 2 is 1.94 bits per heavy atom. The monoisotopic (exact) mass is 525 g/mol. The molecular formula is C25H21BrFN3O4. The molecule has 0 saturated carbocycles. The molecule has 4 atom stereocenters. The number of para-hydroxylation sites is 1. The Morgan fingerprint density at radius 3 is 2.71 bits per heavy atom. The average Bonchev–Trinajstić information content (AvgIpc) is 3.26.